The lowest BCUT2D eigenvalue weighted by molar-refractivity contribution is -0.119. The SMILES string of the molecule is NC(=O)COc1c(Br)cc(N)cc1Br. The van der Waals surface area contributed by atoms with Crippen LogP contribution in [0.15, 0.2) is 21.1 Å². The molecule has 1 aromatic rings. The Hall–Kier alpha value is -0.750. The van der Waals surface area contributed by atoms with E-state index in [1.54, 1.807) is 12.1 Å². The minimum absolute atomic E-state index is 0.166. The van der Waals surface area contributed by atoms with Crippen molar-refractivity contribution in [2.45, 2.75) is 0 Å². The maximum Gasteiger partial charge on any atom is 0.255 e. The van der Waals surface area contributed by atoms with Crippen LogP contribution in [0, 0.1) is 0 Å². The number of benzene rings is 1. The first-order valence-corrected chi connectivity index (χ1v) is 5.25. The van der Waals surface area contributed by atoms with E-state index in [2.05, 4.69) is 31.9 Å². The number of nitrogens with two attached hydrogens (primary N) is 2. The Morgan fingerprint density at radius 3 is 2.29 bits per heavy atom. The van der Waals surface area contributed by atoms with Gasteiger partial charge in [0.05, 0.1) is 8.95 Å². The van der Waals surface area contributed by atoms with E-state index in [1.165, 1.54) is 0 Å². The van der Waals surface area contributed by atoms with Crippen LogP contribution in [0.25, 0.3) is 0 Å². The predicted octanol–water partition coefficient (Wildman–Crippen LogP) is 1.66. The molecule has 0 saturated heterocycles. The van der Waals surface area contributed by atoms with Gasteiger partial charge in [0.15, 0.2) is 6.61 Å². The van der Waals surface area contributed by atoms with Gasteiger partial charge in [-0.2, -0.15) is 0 Å². The van der Waals surface area contributed by atoms with Crippen LogP contribution in [-0.2, 0) is 4.79 Å². The second-order valence-corrected chi connectivity index (χ2v) is 4.28. The van der Waals surface area contributed by atoms with Crippen molar-refractivity contribution in [2.24, 2.45) is 5.73 Å². The molecule has 6 heteroatoms. The number of anilines is 1. The second-order valence-electron chi connectivity index (χ2n) is 2.57. The van der Waals surface area contributed by atoms with Gasteiger partial charge in [0, 0.05) is 5.69 Å². The summed E-state index contributed by atoms with van der Waals surface area (Å²) < 4.78 is 6.50. The van der Waals surface area contributed by atoms with Gasteiger partial charge in [-0.3, -0.25) is 4.79 Å². The topological polar surface area (TPSA) is 78.3 Å². The highest BCUT2D eigenvalue weighted by atomic mass is 79.9. The zero-order valence-corrected chi connectivity index (χ0v) is 10.3. The smallest absolute Gasteiger partial charge is 0.255 e. The van der Waals surface area contributed by atoms with Crippen molar-refractivity contribution < 1.29 is 9.53 Å². The highest BCUT2D eigenvalue weighted by Crippen LogP contribution is 2.35. The molecule has 1 aromatic carbocycles. The molecule has 0 unspecified atom stereocenters. The van der Waals surface area contributed by atoms with E-state index in [4.69, 9.17) is 16.2 Å². The third-order valence-corrected chi connectivity index (χ3v) is 2.56. The number of halogens is 2. The average Bonchev–Trinajstić information content (AvgIpc) is 2.01. The Morgan fingerprint density at radius 1 is 1.36 bits per heavy atom. The number of rotatable bonds is 3. The van der Waals surface area contributed by atoms with Crippen molar-refractivity contribution in [3.63, 3.8) is 0 Å². The molecule has 4 N–H and O–H groups in total. The van der Waals surface area contributed by atoms with Gasteiger partial charge in [0.1, 0.15) is 5.75 Å². The summed E-state index contributed by atoms with van der Waals surface area (Å²) in [5.74, 6) is -0.0152. The van der Waals surface area contributed by atoms with Crippen LogP contribution in [0.3, 0.4) is 0 Å². The molecular weight excluding hydrogens is 316 g/mol. The van der Waals surface area contributed by atoms with Gasteiger partial charge in [-0.25, -0.2) is 0 Å². The molecule has 76 valence electrons. The maximum absolute atomic E-state index is 10.5. The number of nitrogen functional groups attached to an aromatic ring is 1. The number of ether oxygens (including phenoxy) is 1. The van der Waals surface area contributed by atoms with Gasteiger partial charge in [0.2, 0.25) is 0 Å². The summed E-state index contributed by atoms with van der Waals surface area (Å²) in [6.07, 6.45) is 0. The number of carbonyl (C=O) groups excluding carboxylic acids is 1. The molecule has 0 bridgehead atoms. The number of hydrogen-bond acceptors (Lipinski definition) is 3. The van der Waals surface area contributed by atoms with E-state index < -0.39 is 5.91 Å². The fourth-order valence-corrected chi connectivity index (χ4v) is 2.31. The second kappa shape index (κ2) is 4.65. The Bertz CT molecular complexity index is 345. The summed E-state index contributed by atoms with van der Waals surface area (Å²) >= 11 is 6.52. The number of carbonyl (C=O) groups is 1. The zero-order valence-electron chi connectivity index (χ0n) is 7.09. The lowest BCUT2D eigenvalue weighted by Gasteiger charge is -2.09. The summed E-state index contributed by atoms with van der Waals surface area (Å²) in [6.45, 7) is -0.166. The molecule has 0 aliphatic heterocycles. The van der Waals surface area contributed by atoms with Crippen LogP contribution < -0.4 is 16.2 Å². The van der Waals surface area contributed by atoms with E-state index in [0.29, 0.717) is 20.4 Å². The highest BCUT2D eigenvalue weighted by molar-refractivity contribution is 9.11. The molecule has 0 aromatic heterocycles. The lowest BCUT2D eigenvalue weighted by Crippen LogP contribution is -2.20. The predicted molar refractivity (Wildman–Crippen MR) is 60.9 cm³/mol. The maximum atomic E-state index is 10.5. The summed E-state index contributed by atoms with van der Waals surface area (Å²) in [5, 5.41) is 0. The van der Waals surface area contributed by atoms with Gasteiger partial charge < -0.3 is 16.2 Å². The summed E-state index contributed by atoms with van der Waals surface area (Å²) in [5.41, 5.74) is 11.1. The minimum Gasteiger partial charge on any atom is -0.481 e. The molecule has 0 heterocycles. The Morgan fingerprint density at radius 2 is 1.86 bits per heavy atom. The largest absolute Gasteiger partial charge is 0.481 e. The number of amides is 1. The minimum atomic E-state index is -0.527. The number of hydrogen-bond donors (Lipinski definition) is 2. The number of primary amides is 1. The summed E-state index contributed by atoms with van der Waals surface area (Å²) in [6, 6.07) is 3.36. The van der Waals surface area contributed by atoms with Crippen LogP contribution in [0.2, 0.25) is 0 Å². The molecule has 4 nitrogen and oxygen atoms in total. The average molecular weight is 324 g/mol. The Labute approximate surface area is 97.9 Å². The first kappa shape index (κ1) is 11.3. The normalized spacial score (nSPS) is 9.86. The molecule has 0 saturated carbocycles. The van der Waals surface area contributed by atoms with Crippen molar-refractivity contribution in [3.05, 3.63) is 21.1 Å². The van der Waals surface area contributed by atoms with Crippen molar-refractivity contribution in [1.29, 1.82) is 0 Å². The van der Waals surface area contributed by atoms with E-state index in [0.717, 1.165) is 0 Å². The fourth-order valence-electron chi connectivity index (χ4n) is 0.861. The monoisotopic (exact) mass is 322 g/mol. The van der Waals surface area contributed by atoms with Crippen molar-refractivity contribution in [1.82, 2.24) is 0 Å². The third kappa shape index (κ3) is 2.88. The lowest BCUT2D eigenvalue weighted by atomic mass is 10.3. The van der Waals surface area contributed by atoms with Gasteiger partial charge >= 0.3 is 0 Å². The first-order chi connectivity index (χ1) is 6.50. The van der Waals surface area contributed by atoms with Gasteiger partial charge in [-0.15, -0.1) is 0 Å². The molecule has 0 aliphatic carbocycles. The molecule has 0 fully saturated rings. The molecule has 0 aliphatic rings. The summed E-state index contributed by atoms with van der Waals surface area (Å²) in [7, 11) is 0. The zero-order chi connectivity index (χ0) is 10.7. The van der Waals surface area contributed by atoms with Gasteiger partial charge in [-0.05, 0) is 44.0 Å². The molecule has 0 atom stereocenters. The third-order valence-electron chi connectivity index (χ3n) is 1.38. The van der Waals surface area contributed by atoms with Gasteiger partial charge in [-0.1, -0.05) is 0 Å². The van der Waals surface area contributed by atoms with Crippen LogP contribution in [0.5, 0.6) is 5.75 Å². The molecule has 1 amide bonds. The first-order valence-electron chi connectivity index (χ1n) is 3.66. The van der Waals surface area contributed by atoms with Crippen LogP contribution in [0.4, 0.5) is 5.69 Å². The van der Waals surface area contributed by atoms with Crippen LogP contribution in [-0.4, -0.2) is 12.5 Å². The molecule has 0 radical (unpaired) electrons. The van der Waals surface area contributed by atoms with Crippen LogP contribution in [0.1, 0.15) is 0 Å². The Balaban J connectivity index is 2.91. The molecule has 0 spiro atoms. The highest BCUT2D eigenvalue weighted by Gasteiger charge is 2.08. The summed E-state index contributed by atoms with van der Waals surface area (Å²) in [4.78, 5) is 10.5. The van der Waals surface area contributed by atoms with Crippen molar-refractivity contribution in [3.8, 4) is 5.75 Å². The van der Waals surface area contributed by atoms with Crippen molar-refractivity contribution >= 4 is 43.5 Å². The molecule has 14 heavy (non-hydrogen) atoms. The van der Waals surface area contributed by atoms with E-state index in [9.17, 15) is 4.79 Å². The molecular formula is C8H8Br2N2O2. The van der Waals surface area contributed by atoms with E-state index in [-0.39, 0.29) is 6.61 Å². The van der Waals surface area contributed by atoms with Crippen LogP contribution >= 0.6 is 31.9 Å². The van der Waals surface area contributed by atoms with E-state index >= 15 is 0 Å². The van der Waals surface area contributed by atoms with Gasteiger partial charge in [0.25, 0.3) is 5.91 Å². The fraction of sp³-hybridized carbons (Fsp3) is 0.125. The standard InChI is InChI=1S/C8H8Br2N2O2/c9-5-1-4(11)2-6(10)8(5)14-3-7(12)13/h1-2H,3,11H2,(H2,12,13). The quantitative estimate of drug-likeness (QED) is 0.830. The van der Waals surface area contributed by atoms with E-state index in [1.807, 2.05) is 0 Å². The Kier molecular flexibility index (Phi) is 3.77. The van der Waals surface area contributed by atoms with Crippen molar-refractivity contribution in [2.75, 3.05) is 12.3 Å². The molecule has 1 rings (SSSR count).